The first-order valence-electron chi connectivity index (χ1n) is 4.18. The molecule has 3 heteroatoms. The molecule has 0 unspecified atom stereocenters. The van der Waals surface area contributed by atoms with E-state index in [9.17, 15) is 4.79 Å². The molecular weight excluding hydrogens is 156 g/mol. The zero-order valence-electron chi connectivity index (χ0n) is 7.71. The van der Waals surface area contributed by atoms with Crippen LogP contribution in [-0.2, 0) is 14.3 Å². The molecule has 0 aromatic heterocycles. The molecule has 70 valence electrons. The minimum absolute atomic E-state index is 0.375. The molecular formula is C9H16O3. The Kier molecular flexibility index (Phi) is 6.34. The van der Waals surface area contributed by atoms with Gasteiger partial charge in [-0.3, -0.25) is 9.59 Å². The van der Waals surface area contributed by atoms with Crippen molar-refractivity contribution >= 4 is 12.3 Å². The van der Waals surface area contributed by atoms with Gasteiger partial charge in [0.05, 0.1) is 7.11 Å². The van der Waals surface area contributed by atoms with Gasteiger partial charge < -0.3 is 4.74 Å². The number of rotatable bonds is 1. The zero-order chi connectivity index (χ0) is 9.40. The fourth-order valence-corrected chi connectivity index (χ4v) is 1.08. The van der Waals surface area contributed by atoms with Gasteiger partial charge in [0.25, 0.3) is 6.47 Å². The van der Waals surface area contributed by atoms with Crippen molar-refractivity contribution < 1.29 is 14.3 Å². The predicted octanol–water partition coefficient (Wildman–Crippen LogP) is 1.55. The third-order valence-corrected chi connectivity index (χ3v) is 1.93. The summed E-state index contributed by atoms with van der Waals surface area (Å²) in [4.78, 5) is 19.6. The van der Waals surface area contributed by atoms with E-state index < -0.39 is 0 Å². The Morgan fingerprint density at radius 2 is 1.83 bits per heavy atom. The van der Waals surface area contributed by atoms with Gasteiger partial charge in [0.15, 0.2) is 0 Å². The van der Waals surface area contributed by atoms with E-state index in [1.807, 2.05) is 0 Å². The number of Topliss-reactive ketones (excluding diaryl/α,β-unsaturated/α-hetero) is 1. The smallest absolute Gasteiger partial charge is 0.292 e. The molecule has 0 heterocycles. The zero-order valence-corrected chi connectivity index (χ0v) is 7.71. The molecule has 0 spiro atoms. The lowest BCUT2D eigenvalue weighted by atomic mass is 9.90. The molecule has 1 aliphatic rings. The summed E-state index contributed by atoms with van der Waals surface area (Å²) < 4.78 is 3.86. The monoisotopic (exact) mass is 172 g/mol. The number of ketones is 1. The number of hydrogen-bond donors (Lipinski definition) is 0. The van der Waals surface area contributed by atoms with Crippen LogP contribution >= 0.6 is 0 Å². The van der Waals surface area contributed by atoms with Gasteiger partial charge in [-0.15, -0.1) is 0 Å². The molecule has 0 N–H and O–H groups in total. The maximum atomic E-state index is 10.6. The Bertz CT molecular complexity index is 133. The maximum Gasteiger partial charge on any atom is 0.292 e. The van der Waals surface area contributed by atoms with E-state index in [1.54, 1.807) is 0 Å². The summed E-state index contributed by atoms with van der Waals surface area (Å²) in [5, 5.41) is 0. The molecule has 0 bridgehead atoms. The van der Waals surface area contributed by atoms with Crippen molar-refractivity contribution in [2.75, 3.05) is 7.11 Å². The van der Waals surface area contributed by atoms with Gasteiger partial charge in [-0.05, 0) is 18.8 Å². The Hall–Kier alpha value is -0.860. The van der Waals surface area contributed by atoms with Crippen LogP contribution in [-0.4, -0.2) is 19.4 Å². The summed E-state index contributed by atoms with van der Waals surface area (Å²) in [5.74, 6) is 1.26. The van der Waals surface area contributed by atoms with Crippen LogP contribution in [0.4, 0.5) is 0 Å². The van der Waals surface area contributed by atoms with Gasteiger partial charge >= 0.3 is 0 Å². The van der Waals surface area contributed by atoms with Gasteiger partial charge in [0.1, 0.15) is 5.78 Å². The number of ether oxygens (including phenoxy) is 1. The van der Waals surface area contributed by atoms with Crippen LogP contribution < -0.4 is 0 Å². The Labute approximate surface area is 73.1 Å². The largest absolute Gasteiger partial charge is 0.471 e. The van der Waals surface area contributed by atoms with Gasteiger partial charge in [-0.2, -0.15) is 0 Å². The van der Waals surface area contributed by atoms with Crippen molar-refractivity contribution in [3.05, 3.63) is 0 Å². The number of carbonyl (C=O) groups excluding carboxylic acids is 2. The predicted molar refractivity (Wildman–Crippen MR) is 45.7 cm³/mol. The molecule has 0 aromatic rings. The average molecular weight is 172 g/mol. The number of methoxy groups -OCH3 is 1. The lowest BCUT2D eigenvalue weighted by Crippen LogP contribution is -2.10. The second-order valence-electron chi connectivity index (χ2n) is 3.05. The van der Waals surface area contributed by atoms with E-state index in [-0.39, 0.29) is 0 Å². The number of hydrogen-bond acceptors (Lipinski definition) is 3. The molecule has 0 aliphatic heterocycles. The van der Waals surface area contributed by atoms with Crippen LogP contribution in [0, 0.1) is 5.92 Å². The minimum atomic E-state index is 0.375. The molecule has 0 atom stereocenters. The summed E-state index contributed by atoms with van der Waals surface area (Å²) >= 11 is 0. The second-order valence-corrected chi connectivity index (χ2v) is 3.05. The van der Waals surface area contributed by atoms with Crippen LogP contribution in [0.2, 0.25) is 0 Å². The average Bonchev–Trinajstić information content (AvgIpc) is 2.11. The topological polar surface area (TPSA) is 43.4 Å². The molecule has 0 radical (unpaired) electrons. The fourth-order valence-electron chi connectivity index (χ4n) is 1.08. The van der Waals surface area contributed by atoms with E-state index in [1.165, 1.54) is 7.11 Å². The van der Waals surface area contributed by atoms with Crippen LogP contribution in [0.3, 0.4) is 0 Å². The first-order chi connectivity index (χ1) is 5.70. The number of carbonyl (C=O) groups is 2. The first kappa shape index (κ1) is 11.1. The van der Waals surface area contributed by atoms with Crippen molar-refractivity contribution in [2.24, 2.45) is 5.92 Å². The summed E-state index contributed by atoms with van der Waals surface area (Å²) in [5.41, 5.74) is 0. The van der Waals surface area contributed by atoms with Gasteiger partial charge in [0, 0.05) is 12.8 Å². The van der Waals surface area contributed by atoms with Gasteiger partial charge in [-0.25, -0.2) is 0 Å². The molecule has 1 aliphatic carbocycles. The van der Waals surface area contributed by atoms with Crippen molar-refractivity contribution in [1.29, 1.82) is 0 Å². The highest BCUT2D eigenvalue weighted by Gasteiger charge is 2.13. The van der Waals surface area contributed by atoms with E-state index in [0.717, 1.165) is 31.6 Å². The van der Waals surface area contributed by atoms with Crippen molar-refractivity contribution in [2.45, 2.75) is 32.6 Å². The summed E-state index contributed by atoms with van der Waals surface area (Å²) in [6.45, 7) is 2.59. The van der Waals surface area contributed by atoms with Crippen molar-refractivity contribution in [3.8, 4) is 0 Å². The summed E-state index contributed by atoms with van der Waals surface area (Å²) in [7, 11) is 1.31. The van der Waals surface area contributed by atoms with Crippen LogP contribution in [0.1, 0.15) is 32.6 Å². The van der Waals surface area contributed by atoms with E-state index in [4.69, 9.17) is 4.79 Å². The molecule has 1 saturated carbocycles. The van der Waals surface area contributed by atoms with Crippen LogP contribution in [0.25, 0.3) is 0 Å². The highest BCUT2D eigenvalue weighted by molar-refractivity contribution is 5.78. The quantitative estimate of drug-likeness (QED) is 0.564. The van der Waals surface area contributed by atoms with Crippen LogP contribution in [0.5, 0.6) is 0 Å². The Morgan fingerprint density at radius 1 is 1.42 bits per heavy atom. The highest BCUT2D eigenvalue weighted by Crippen LogP contribution is 2.19. The molecule has 1 fully saturated rings. The fraction of sp³-hybridized carbons (Fsp3) is 0.778. The van der Waals surface area contributed by atoms with E-state index >= 15 is 0 Å². The maximum absolute atomic E-state index is 10.6. The summed E-state index contributed by atoms with van der Waals surface area (Å²) in [6, 6.07) is 0. The van der Waals surface area contributed by atoms with Gasteiger partial charge in [0.2, 0.25) is 0 Å². The SMILES string of the molecule is CC1CCC(=O)CC1.COC=O. The van der Waals surface area contributed by atoms with Crippen LogP contribution in [0.15, 0.2) is 0 Å². The van der Waals surface area contributed by atoms with Gasteiger partial charge in [-0.1, -0.05) is 6.92 Å². The molecule has 1 rings (SSSR count). The summed E-state index contributed by atoms with van der Waals surface area (Å²) in [6.07, 6.45) is 3.92. The molecule has 0 saturated heterocycles. The molecule has 0 aromatic carbocycles. The first-order valence-corrected chi connectivity index (χ1v) is 4.18. The standard InChI is InChI=1S/C7H12O.C2H4O2/c1-6-2-4-7(8)5-3-6;1-4-2-3/h6H,2-5H2,1H3;2H,1H3. The normalized spacial score (nSPS) is 17.7. The Morgan fingerprint density at radius 3 is 2.08 bits per heavy atom. The van der Waals surface area contributed by atoms with Crippen molar-refractivity contribution in [3.63, 3.8) is 0 Å². The lowest BCUT2D eigenvalue weighted by molar-refractivity contribution is -0.126. The van der Waals surface area contributed by atoms with E-state index in [0.29, 0.717) is 12.3 Å². The lowest BCUT2D eigenvalue weighted by Gasteiger charge is -2.14. The molecule has 3 nitrogen and oxygen atoms in total. The third-order valence-electron chi connectivity index (χ3n) is 1.93. The van der Waals surface area contributed by atoms with Crippen molar-refractivity contribution in [1.82, 2.24) is 0 Å². The molecule has 0 amide bonds. The highest BCUT2D eigenvalue weighted by atomic mass is 16.5. The Balaban J connectivity index is 0.000000261. The second kappa shape index (κ2) is 6.83. The van der Waals surface area contributed by atoms with E-state index in [2.05, 4.69) is 11.7 Å². The minimum Gasteiger partial charge on any atom is -0.471 e. The third kappa shape index (κ3) is 5.89. The molecule has 12 heavy (non-hydrogen) atoms.